The molecule has 5 nitrogen and oxygen atoms in total. The molecule has 108 valence electrons. The highest BCUT2D eigenvalue weighted by Gasteiger charge is 2.15. The van der Waals surface area contributed by atoms with E-state index in [1.165, 1.54) is 0 Å². The normalized spacial score (nSPS) is 11.8. The Morgan fingerprint density at radius 2 is 2.15 bits per heavy atom. The topological polar surface area (TPSA) is 72.9 Å². The molecule has 3 N–H and O–H groups in total. The van der Waals surface area contributed by atoms with Crippen molar-refractivity contribution in [3.8, 4) is 0 Å². The summed E-state index contributed by atoms with van der Waals surface area (Å²) in [5, 5.41) is 3.54. The van der Waals surface area contributed by atoms with Gasteiger partial charge in [0.15, 0.2) is 0 Å². The number of aromatic nitrogens is 2. The number of nitrogen functional groups attached to an aromatic ring is 1. The molecule has 1 heterocycles. The Kier molecular flexibility index (Phi) is 3.90. The van der Waals surface area contributed by atoms with Crippen molar-refractivity contribution >= 4 is 34.5 Å². The molecule has 0 radical (unpaired) electrons. The predicted octanol–water partition coefficient (Wildman–Crippen LogP) is 2.58. The first-order valence-electron chi connectivity index (χ1n) is 6.48. The van der Waals surface area contributed by atoms with Crippen molar-refractivity contribution in [2.45, 2.75) is 39.3 Å². The second-order valence-corrected chi connectivity index (χ2v) is 6.24. The van der Waals surface area contributed by atoms with E-state index >= 15 is 0 Å². The second kappa shape index (κ2) is 5.32. The molecule has 0 saturated carbocycles. The molecule has 0 atom stereocenters. The molecule has 0 aliphatic rings. The molecule has 0 unspecified atom stereocenters. The van der Waals surface area contributed by atoms with Crippen molar-refractivity contribution in [3.63, 3.8) is 0 Å². The maximum atomic E-state index is 11.8. The molecule has 2 aromatic rings. The lowest BCUT2D eigenvalue weighted by atomic mass is 10.1. The molecule has 1 aromatic heterocycles. The van der Waals surface area contributed by atoms with E-state index in [2.05, 4.69) is 10.3 Å². The Hall–Kier alpha value is -1.75. The molecule has 20 heavy (non-hydrogen) atoms. The number of imidazole rings is 1. The molecule has 1 amide bonds. The summed E-state index contributed by atoms with van der Waals surface area (Å²) < 4.78 is 1.83. The highest BCUT2D eigenvalue weighted by molar-refractivity contribution is 6.31. The summed E-state index contributed by atoms with van der Waals surface area (Å²) >= 11 is 5.93. The van der Waals surface area contributed by atoms with Gasteiger partial charge in [-0.15, -0.1) is 0 Å². The van der Waals surface area contributed by atoms with E-state index in [9.17, 15) is 4.79 Å². The highest BCUT2D eigenvalue weighted by Crippen LogP contribution is 2.21. The molecule has 2 rings (SSSR count). The van der Waals surface area contributed by atoms with Gasteiger partial charge >= 0.3 is 0 Å². The van der Waals surface area contributed by atoms with E-state index in [1.807, 2.05) is 31.4 Å². The van der Waals surface area contributed by atoms with Gasteiger partial charge in [0.05, 0.1) is 11.0 Å². The van der Waals surface area contributed by atoms with Gasteiger partial charge in [-0.2, -0.15) is 0 Å². The number of anilines is 1. The van der Waals surface area contributed by atoms with E-state index in [0.717, 1.165) is 11.0 Å². The smallest absolute Gasteiger partial charge is 0.222 e. The molecule has 1 aromatic carbocycles. The number of hydrogen-bond acceptors (Lipinski definition) is 3. The number of nitrogens with one attached hydrogen (secondary N) is 1. The Bertz CT molecular complexity index is 642. The van der Waals surface area contributed by atoms with Gasteiger partial charge in [0.1, 0.15) is 0 Å². The van der Waals surface area contributed by atoms with Gasteiger partial charge in [-0.25, -0.2) is 4.98 Å². The quantitative estimate of drug-likeness (QED) is 0.914. The molecular weight excluding hydrogens is 276 g/mol. The molecule has 0 saturated heterocycles. The van der Waals surface area contributed by atoms with Crippen LogP contribution in [0.25, 0.3) is 11.0 Å². The van der Waals surface area contributed by atoms with Crippen LogP contribution in [0.15, 0.2) is 18.2 Å². The van der Waals surface area contributed by atoms with Crippen LogP contribution < -0.4 is 11.1 Å². The van der Waals surface area contributed by atoms with Crippen LogP contribution in [-0.4, -0.2) is 21.0 Å². The van der Waals surface area contributed by atoms with Crippen LogP contribution in [0.4, 0.5) is 5.95 Å². The SMILES string of the molecule is CC(C)(C)NC(=O)CCn1c(N)nc2cc(Cl)ccc21. The standard InChI is InChI=1S/C14H19ClN4O/c1-14(2,3)18-12(20)6-7-19-11-5-4-9(15)8-10(11)17-13(19)16/h4-5,8H,6-7H2,1-3H3,(H2,16,17)(H,18,20). The van der Waals surface area contributed by atoms with Crippen molar-refractivity contribution in [2.24, 2.45) is 0 Å². The van der Waals surface area contributed by atoms with Crippen LogP contribution in [0, 0.1) is 0 Å². The van der Waals surface area contributed by atoms with Crippen molar-refractivity contribution < 1.29 is 4.79 Å². The lowest BCUT2D eigenvalue weighted by Crippen LogP contribution is -2.40. The van der Waals surface area contributed by atoms with E-state index in [-0.39, 0.29) is 11.4 Å². The molecule has 0 aliphatic heterocycles. The number of amides is 1. The Balaban J connectivity index is 2.14. The van der Waals surface area contributed by atoms with Crippen molar-refractivity contribution in [2.75, 3.05) is 5.73 Å². The number of rotatable bonds is 3. The van der Waals surface area contributed by atoms with Gasteiger partial charge in [0.2, 0.25) is 11.9 Å². The van der Waals surface area contributed by atoms with Gasteiger partial charge < -0.3 is 15.6 Å². The summed E-state index contributed by atoms with van der Waals surface area (Å²) in [5.41, 5.74) is 7.29. The molecule has 0 spiro atoms. The molecule has 0 fully saturated rings. The fourth-order valence-corrected chi connectivity index (χ4v) is 2.22. The molecular formula is C14H19ClN4O. The van der Waals surface area contributed by atoms with Crippen molar-refractivity contribution in [3.05, 3.63) is 23.2 Å². The fourth-order valence-electron chi connectivity index (χ4n) is 2.05. The van der Waals surface area contributed by atoms with E-state index in [4.69, 9.17) is 17.3 Å². The summed E-state index contributed by atoms with van der Waals surface area (Å²) in [4.78, 5) is 16.1. The predicted molar refractivity (Wildman–Crippen MR) is 81.7 cm³/mol. The number of hydrogen-bond donors (Lipinski definition) is 2. The molecule has 0 bridgehead atoms. The van der Waals surface area contributed by atoms with Crippen LogP contribution in [0.2, 0.25) is 5.02 Å². The van der Waals surface area contributed by atoms with Crippen LogP contribution in [0.3, 0.4) is 0 Å². The van der Waals surface area contributed by atoms with Gasteiger partial charge in [-0.05, 0) is 39.0 Å². The zero-order chi connectivity index (χ0) is 14.9. The van der Waals surface area contributed by atoms with Crippen LogP contribution in [0.5, 0.6) is 0 Å². The second-order valence-electron chi connectivity index (χ2n) is 5.80. The van der Waals surface area contributed by atoms with Crippen molar-refractivity contribution in [1.29, 1.82) is 0 Å². The maximum Gasteiger partial charge on any atom is 0.222 e. The van der Waals surface area contributed by atoms with Crippen LogP contribution in [-0.2, 0) is 11.3 Å². The van der Waals surface area contributed by atoms with E-state index in [1.54, 1.807) is 12.1 Å². The molecule has 6 heteroatoms. The average Bonchev–Trinajstić information content (AvgIpc) is 2.59. The zero-order valence-electron chi connectivity index (χ0n) is 11.9. The summed E-state index contributed by atoms with van der Waals surface area (Å²) in [5.74, 6) is 0.388. The van der Waals surface area contributed by atoms with E-state index < -0.39 is 0 Å². The lowest BCUT2D eigenvalue weighted by Gasteiger charge is -2.20. The molecule has 0 aliphatic carbocycles. The lowest BCUT2D eigenvalue weighted by molar-refractivity contribution is -0.122. The minimum Gasteiger partial charge on any atom is -0.369 e. The van der Waals surface area contributed by atoms with Crippen molar-refractivity contribution in [1.82, 2.24) is 14.9 Å². The monoisotopic (exact) mass is 294 g/mol. The van der Waals surface area contributed by atoms with Gasteiger partial charge in [0.25, 0.3) is 0 Å². The summed E-state index contributed by atoms with van der Waals surface area (Å²) in [6.07, 6.45) is 0.357. The first-order chi connectivity index (χ1) is 9.26. The van der Waals surface area contributed by atoms with Gasteiger partial charge in [-0.1, -0.05) is 11.6 Å². The Labute approximate surface area is 123 Å². The average molecular weight is 295 g/mol. The van der Waals surface area contributed by atoms with Gasteiger partial charge in [0, 0.05) is 23.5 Å². The summed E-state index contributed by atoms with van der Waals surface area (Å²) in [6.45, 7) is 6.35. The number of fused-ring (bicyclic) bond motifs is 1. The minimum absolute atomic E-state index is 0.00675. The number of benzene rings is 1. The number of halogens is 1. The van der Waals surface area contributed by atoms with Crippen LogP contribution in [0.1, 0.15) is 27.2 Å². The largest absolute Gasteiger partial charge is 0.369 e. The third-order valence-electron chi connectivity index (χ3n) is 2.82. The fraction of sp³-hybridized carbons (Fsp3) is 0.429. The number of carbonyl (C=O) groups excluding carboxylic acids is 1. The third-order valence-corrected chi connectivity index (χ3v) is 3.05. The van der Waals surface area contributed by atoms with E-state index in [0.29, 0.717) is 23.9 Å². The highest BCUT2D eigenvalue weighted by atomic mass is 35.5. The third kappa shape index (κ3) is 3.42. The summed E-state index contributed by atoms with van der Waals surface area (Å²) in [7, 11) is 0. The number of nitrogens with two attached hydrogens (primary N) is 1. The van der Waals surface area contributed by atoms with Gasteiger partial charge in [-0.3, -0.25) is 4.79 Å². The zero-order valence-corrected chi connectivity index (χ0v) is 12.7. The minimum atomic E-state index is -0.229. The summed E-state index contributed by atoms with van der Waals surface area (Å²) in [6, 6.07) is 5.42. The van der Waals surface area contributed by atoms with Crippen LogP contribution >= 0.6 is 11.6 Å². The first kappa shape index (κ1) is 14.7. The maximum absolute atomic E-state index is 11.8. The number of nitrogens with zero attached hydrogens (tertiary/aromatic N) is 2. The number of aryl methyl sites for hydroxylation is 1. The Morgan fingerprint density at radius 1 is 1.45 bits per heavy atom. The Morgan fingerprint density at radius 3 is 2.80 bits per heavy atom. The number of carbonyl (C=O) groups is 1. The first-order valence-corrected chi connectivity index (χ1v) is 6.86.